The molecule has 0 aliphatic rings. The van der Waals surface area contributed by atoms with Gasteiger partial charge in [-0.15, -0.1) is 0 Å². The summed E-state index contributed by atoms with van der Waals surface area (Å²) < 4.78 is 41.7. The average molecular weight is 220 g/mol. The third-order valence-corrected chi connectivity index (χ3v) is 1.65. The van der Waals surface area contributed by atoms with Crippen LogP contribution in [0.4, 0.5) is 13.2 Å². The fraction of sp³-hybridized carbons (Fsp3) is 0.400. The van der Waals surface area contributed by atoms with Crippen LogP contribution in [-0.2, 0) is 6.18 Å². The molecule has 0 saturated carbocycles. The Balaban J connectivity index is 2.75. The molecule has 0 radical (unpaired) electrons. The Morgan fingerprint density at radius 2 is 2.07 bits per heavy atom. The number of halogens is 3. The Kier molecular flexibility index (Phi) is 3.57. The molecule has 1 N–H and O–H groups in total. The molecule has 0 aliphatic heterocycles. The predicted octanol–water partition coefficient (Wildman–Crippen LogP) is 2.47. The van der Waals surface area contributed by atoms with Crippen molar-refractivity contribution >= 4 is 0 Å². The van der Waals surface area contributed by atoms with Crippen LogP contribution in [0.25, 0.3) is 0 Å². The van der Waals surface area contributed by atoms with Crippen LogP contribution in [0.5, 0.6) is 5.75 Å². The van der Waals surface area contributed by atoms with Crippen molar-refractivity contribution in [2.45, 2.75) is 19.2 Å². The molecule has 0 spiro atoms. The molecule has 0 bridgehead atoms. The second-order valence-electron chi connectivity index (χ2n) is 3.19. The van der Waals surface area contributed by atoms with Gasteiger partial charge < -0.3 is 9.84 Å². The lowest BCUT2D eigenvalue weighted by Gasteiger charge is -2.11. The summed E-state index contributed by atoms with van der Waals surface area (Å²) >= 11 is 0. The molecule has 0 saturated heterocycles. The van der Waals surface area contributed by atoms with Gasteiger partial charge in [-0.05, 0) is 25.1 Å². The van der Waals surface area contributed by atoms with E-state index in [-0.39, 0.29) is 12.4 Å². The van der Waals surface area contributed by atoms with Crippen LogP contribution >= 0.6 is 0 Å². The quantitative estimate of drug-likeness (QED) is 0.847. The van der Waals surface area contributed by atoms with E-state index in [1.165, 1.54) is 19.1 Å². The molecule has 0 heterocycles. The standard InChI is InChI=1S/C10H11F3O2/c1-7(14)6-15-9-4-2-3-8(5-9)10(11,12)13/h2-5,7,14H,6H2,1H3/t7-/m1/s1. The predicted molar refractivity (Wildman–Crippen MR) is 48.6 cm³/mol. The van der Waals surface area contributed by atoms with E-state index < -0.39 is 17.8 Å². The van der Waals surface area contributed by atoms with Gasteiger partial charge in [0.15, 0.2) is 0 Å². The molecule has 0 fully saturated rings. The van der Waals surface area contributed by atoms with Crippen LogP contribution in [0.2, 0.25) is 0 Å². The number of rotatable bonds is 3. The number of benzene rings is 1. The maximum absolute atomic E-state index is 12.3. The van der Waals surface area contributed by atoms with E-state index in [9.17, 15) is 13.2 Å². The van der Waals surface area contributed by atoms with Gasteiger partial charge in [-0.1, -0.05) is 6.07 Å². The molecule has 0 aromatic heterocycles. The number of aliphatic hydroxyl groups excluding tert-OH is 1. The van der Waals surface area contributed by atoms with Crippen molar-refractivity contribution in [1.29, 1.82) is 0 Å². The molecule has 1 aromatic carbocycles. The van der Waals surface area contributed by atoms with Gasteiger partial charge in [0, 0.05) is 0 Å². The normalized spacial score (nSPS) is 13.7. The van der Waals surface area contributed by atoms with Crippen LogP contribution in [0.3, 0.4) is 0 Å². The van der Waals surface area contributed by atoms with Crippen molar-refractivity contribution in [2.75, 3.05) is 6.61 Å². The number of aliphatic hydroxyl groups is 1. The van der Waals surface area contributed by atoms with Crippen LogP contribution in [0.15, 0.2) is 24.3 Å². The van der Waals surface area contributed by atoms with E-state index in [1.54, 1.807) is 0 Å². The van der Waals surface area contributed by atoms with Crippen molar-refractivity contribution in [3.63, 3.8) is 0 Å². The van der Waals surface area contributed by atoms with Crippen molar-refractivity contribution in [3.8, 4) is 5.75 Å². The zero-order chi connectivity index (χ0) is 11.5. The Bertz CT molecular complexity index is 321. The van der Waals surface area contributed by atoms with Crippen molar-refractivity contribution in [1.82, 2.24) is 0 Å². The lowest BCUT2D eigenvalue weighted by atomic mass is 10.2. The van der Waals surface area contributed by atoms with Crippen molar-refractivity contribution in [2.24, 2.45) is 0 Å². The molecule has 1 atom stereocenters. The highest BCUT2D eigenvalue weighted by atomic mass is 19.4. The summed E-state index contributed by atoms with van der Waals surface area (Å²) in [5.74, 6) is 0.103. The van der Waals surface area contributed by atoms with E-state index in [4.69, 9.17) is 9.84 Å². The van der Waals surface area contributed by atoms with E-state index in [2.05, 4.69) is 0 Å². The average Bonchev–Trinajstić information content (AvgIpc) is 2.14. The van der Waals surface area contributed by atoms with Gasteiger partial charge in [-0.2, -0.15) is 13.2 Å². The zero-order valence-electron chi connectivity index (χ0n) is 8.08. The molecule has 84 valence electrons. The van der Waals surface area contributed by atoms with Gasteiger partial charge in [0.1, 0.15) is 12.4 Å². The summed E-state index contributed by atoms with van der Waals surface area (Å²) in [6.45, 7) is 1.47. The Hall–Kier alpha value is -1.23. The number of alkyl halides is 3. The van der Waals surface area contributed by atoms with Crippen LogP contribution < -0.4 is 4.74 Å². The van der Waals surface area contributed by atoms with Crippen LogP contribution in [-0.4, -0.2) is 17.8 Å². The summed E-state index contributed by atoms with van der Waals surface area (Å²) in [4.78, 5) is 0. The minimum atomic E-state index is -4.37. The molecular formula is C10H11F3O2. The Labute approximate surface area is 85.3 Å². The van der Waals surface area contributed by atoms with Gasteiger partial charge >= 0.3 is 6.18 Å². The smallest absolute Gasteiger partial charge is 0.416 e. The summed E-state index contributed by atoms with van der Waals surface area (Å²) in [7, 11) is 0. The number of hydrogen-bond acceptors (Lipinski definition) is 2. The third kappa shape index (κ3) is 3.79. The Morgan fingerprint density at radius 3 is 2.60 bits per heavy atom. The van der Waals surface area contributed by atoms with Crippen LogP contribution in [0, 0.1) is 0 Å². The third-order valence-electron chi connectivity index (χ3n) is 1.65. The first kappa shape index (κ1) is 11.8. The summed E-state index contributed by atoms with van der Waals surface area (Å²) in [5, 5.41) is 8.90. The molecule has 1 rings (SSSR count). The van der Waals surface area contributed by atoms with E-state index in [0.29, 0.717) is 0 Å². The molecule has 2 nitrogen and oxygen atoms in total. The van der Waals surface area contributed by atoms with Crippen LogP contribution in [0.1, 0.15) is 12.5 Å². The van der Waals surface area contributed by atoms with E-state index >= 15 is 0 Å². The summed E-state index contributed by atoms with van der Waals surface area (Å²) in [5.41, 5.74) is -0.759. The highest BCUT2D eigenvalue weighted by molar-refractivity contribution is 5.30. The van der Waals surface area contributed by atoms with E-state index in [1.807, 2.05) is 0 Å². The SMILES string of the molecule is C[C@@H](O)COc1cccc(C(F)(F)F)c1. The maximum atomic E-state index is 12.3. The first-order valence-electron chi connectivity index (χ1n) is 4.37. The fourth-order valence-corrected chi connectivity index (χ4v) is 0.979. The topological polar surface area (TPSA) is 29.5 Å². The zero-order valence-corrected chi connectivity index (χ0v) is 8.08. The molecule has 1 aromatic rings. The lowest BCUT2D eigenvalue weighted by Crippen LogP contribution is -2.13. The lowest BCUT2D eigenvalue weighted by molar-refractivity contribution is -0.137. The van der Waals surface area contributed by atoms with Gasteiger partial charge in [0.25, 0.3) is 0 Å². The van der Waals surface area contributed by atoms with Gasteiger partial charge in [-0.25, -0.2) is 0 Å². The number of hydrogen-bond donors (Lipinski definition) is 1. The molecular weight excluding hydrogens is 209 g/mol. The minimum absolute atomic E-state index is 0.0265. The van der Waals surface area contributed by atoms with E-state index in [0.717, 1.165) is 12.1 Å². The highest BCUT2D eigenvalue weighted by Gasteiger charge is 2.30. The summed E-state index contributed by atoms with van der Waals surface area (Å²) in [6.07, 6.45) is -5.08. The molecule has 5 heteroatoms. The van der Waals surface area contributed by atoms with Crippen molar-refractivity contribution < 1.29 is 23.0 Å². The minimum Gasteiger partial charge on any atom is -0.491 e. The molecule has 0 unspecified atom stereocenters. The van der Waals surface area contributed by atoms with Gasteiger partial charge in [0.05, 0.1) is 11.7 Å². The first-order valence-corrected chi connectivity index (χ1v) is 4.37. The fourth-order valence-electron chi connectivity index (χ4n) is 0.979. The van der Waals surface area contributed by atoms with Gasteiger partial charge in [-0.3, -0.25) is 0 Å². The molecule has 0 aliphatic carbocycles. The molecule has 15 heavy (non-hydrogen) atoms. The highest BCUT2D eigenvalue weighted by Crippen LogP contribution is 2.31. The molecule has 0 amide bonds. The second-order valence-corrected chi connectivity index (χ2v) is 3.19. The summed E-state index contributed by atoms with van der Waals surface area (Å²) in [6, 6.07) is 4.55. The van der Waals surface area contributed by atoms with Gasteiger partial charge in [0.2, 0.25) is 0 Å². The maximum Gasteiger partial charge on any atom is 0.416 e. The number of ether oxygens (including phenoxy) is 1. The van der Waals surface area contributed by atoms with Crippen molar-refractivity contribution in [3.05, 3.63) is 29.8 Å². The largest absolute Gasteiger partial charge is 0.491 e. The Morgan fingerprint density at radius 1 is 1.40 bits per heavy atom. The first-order chi connectivity index (χ1) is 6.89. The second kappa shape index (κ2) is 4.53. The monoisotopic (exact) mass is 220 g/mol.